The van der Waals surface area contributed by atoms with Crippen LogP contribution in [0.4, 0.5) is 0 Å². The number of benzene rings is 2. The largest absolute Gasteiger partial charge is 0.426 e. The number of ether oxygens (including phenoxy) is 1. The third-order valence-corrected chi connectivity index (χ3v) is 4.67. The van der Waals surface area contributed by atoms with Gasteiger partial charge in [0, 0.05) is 19.0 Å². The van der Waals surface area contributed by atoms with Crippen molar-refractivity contribution in [2.45, 2.75) is 25.3 Å². The van der Waals surface area contributed by atoms with Crippen LogP contribution < -0.4 is 14.9 Å². The fraction of sp³-hybridized carbons (Fsp3) is 0.167. The molecule has 0 radical (unpaired) electrons. The molecule has 28 heavy (non-hydrogen) atoms. The lowest BCUT2D eigenvalue weighted by atomic mass is 10.1. The number of nitrogens with one attached hydrogen (secondary N) is 2. The second-order valence-corrected chi connectivity index (χ2v) is 6.92. The maximum Gasteiger partial charge on any atom is 0.308 e. The number of carbonyl (C=O) groups excluding carboxylic acids is 3. The van der Waals surface area contributed by atoms with E-state index in [1.165, 1.54) is 25.1 Å². The molecule has 0 aliphatic heterocycles. The Kier molecular flexibility index (Phi) is 7.24. The van der Waals surface area contributed by atoms with Crippen LogP contribution in [0.2, 0.25) is 0 Å². The number of Topliss-reactive ketones (excluding diaryl/α,β-unsaturated/α-hetero) is 1. The lowest BCUT2D eigenvalue weighted by Gasteiger charge is -2.10. The fourth-order valence-electron chi connectivity index (χ4n) is 2.24. The van der Waals surface area contributed by atoms with Crippen LogP contribution in [0.15, 0.2) is 52.6 Å². The molecule has 0 heterocycles. The predicted molar refractivity (Wildman–Crippen MR) is 101 cm³/mol. The SMILES string of the molecule is CC(=O)Oc1ccc(S(=O)NCc2ccc(C(C)=O)cc2)cc1C(=O)NN=O. The van der Waals surface area contributed by atoms with Gasteiger partial charge in [0.25, 0.3) is 5.91 Å². The highest BCUT2D eigenvalue weighted by atomic mass is 32.2. The van der Waals surface area contributed by atoms with E-state index in [-0.39, 0.29) is 28.5 Å². The van der Waals surface area contributed by atoms with Crippen LogP contribution in [-0.4, -0.2) is 21.9 Å². The van der Waals surface area contributed by atoms with Crippen molar-refractivity contribution in [2.75, 3.05) is 0 Å². The summed E-state index contributed by atoms with van der Waals surface area (Å²) in [6.45, 7) is 2.87. The Morgan fingerprint density at radius 3 is 2.32 bits per heavy atom. The van der Waals surface area contributed by atoms with Crippen molar-refractivity contribution >= 4 is 28.6 Å². The minimum atomic E-state index is -1.70. The molecule has 0 saturated heterocycles. The molecule has 0 aliphatic carbocycles. The average molecular weight is 403 g/mol. The van der Waals surface area contributed by atoms with E-state index in [0.717, 1.165) is 12.5 Å². The third kappa shape index (κ3) is 5.63. The van der Waals surface area contributed by atoms with Crippen LogP contribution in [0.5, 0.6) is 5.75 Å². The van der Waals surface area contributed by atoms with E-state index in [1.807, 2.05) is 0 Å². The van der Waals surface area contributed by atoms with E-state index in [2.05, 4.69) is 10.0 Å². The van der Waals surface area contributed by atoms with Crippen LogP contribution in [-0.2, 0) is 22.3 Å². The summed E-state index contributed by atoms with van der Waals surface area (Å²) in [5, 5.41) is 2.30. The van der Waals surface area contributed by atoms with Gasteiger partial charge in [0.15, 0.2) is 5.78 Å². The second-order valence-electron chi connectivity index (χ2n) is 5.63. The van der Waals surface area contributed by atoms with E-state index < -0.39 is 22.9 Å². The zero-order valence-corrected chi connectivity index (χ0v) is 15.9. The molecule has 2 rings (SSSR count). The molecule has 9 nitrogen and oxygen atoms in total. The number of carbonyl (C=O) groups is 3. The summed E-state index contributed by atoms with van der Waals surface area (Å²) < 4.78 is 20.2. The van der Waals surface area contributed by atoms with Crippen LogP contribution >= 0.6 is 0 Å². The monoisotopic (exact) mass is 403 g/mol. The average Bonchev–Trinajstić information content (AvgIpc) is 2.66. The van der Waals surface area contributed by atoms with E-state index in [1.54, 1.807) is 29.7 Å². The highest BCUT2D eigenvalue weighted by molar-refractivity contribution is 7.83. The molecule has 0 saturated carbocycles. The van der Waals surface area contributed by atoms with Crippen molar-refractivity contribution in [2.24, 2.45) is 5.29 Å². The molecule has 0 aliphatic rings. The Labute approximate surface area is 163 Å². The first-order chi connectivity index (χ1) is 13.3. The summed E-state index contributed by atoms with van der Waals surface area (Å²) in [6.07, 6.45) is 0. The van der Waals surface area contributed by atoms with Crippen molar-refractivity contribution in [3.8, 4) is 5.75 Å². The van der Waals surface area contributed by atoms with Crippen molar-refractivity contribution in [1.29, 1.82) is 0 Å². The summed E-state index contributed by atoms with van der Waals surface area (Å²) >= 11 is 0. The van der Waals surface area contributed by atoms with Gasteiger partial charge in [0.2, 0.25) is 0 Å². The fourth-order valence-corrected chi connectivity index (χ4v) is 3.12. The Balaban J connectivity index is 2.16. The molecule has 146 valence electrons. The molecule has 0 fully saturated rings. The summed E-state index contributed by atoms with van der Waals surface area (Å²) in [4.78, 5) is 44.9. The molecule has 1 unspecified atom stereocenters. The maximum absolute atomic E-state index is 12.5. The zero-order chi connectivity index (χ0) is 20.7. The first kappa shape index (κ1) is 21.1. The molecule has 0 aromatic heterocycles. The zero-order valence-electron chi connectivity index (χ0n) is 15.1. The van der Waals surface area contributed by atoms with Gasteiger partial charge < -0.3 is 4.74 Å². The number of nitrogens with zero attached hydrogens (tertiary/aromatic N) is 1. The molecule has 2 aromatic carbocycles. The number of rotatable bonds is 8. The van der Waals surface area contributed by atoms with E-state index in [4.69, 9.17) is 4.74 Å². The Hall–Kier alpha value is -3.24. The molecule has 1 atom stereocenters. The third-order valence-electron chi connectivity index (χ3n) is 3.58. The van der Waals surface area contributed by atoms with Crippen LogP contribution in [0, 0.1) is 4.91 Å². The quantitative estimate of drug-likeness (QED) is 0.228. The standard InChI is InChI=1S/C18H17N3O6S/c1-11(22)14-5-3-13(4-6-14)10-19-28(26)15-7-8-17(27-12(2)23)16(9-15)18(24)20-21-25/h3-9,19H,10H2,1-2H3,(H,20,24,25). The van der Waals surface area contributed by atoms with Crippen LogP contribution in [0.3, 0.4) is 0 Å². The normalized spacial score (nSPS) is 11.4. The molecular weight excluding hydrogens is 386 g/mol. The van der Waals surface area contributed by atoms with Gasteiger partial charge in [-0.2, -0.15) is 0 Å². The lowest BCUT2D eigenvalue weighted by molar-refractivity contribution is -0.131. The van der Waals surface area contributed by atoms with Crippen LogP contribution in [0.25, 0.3) is 0 Å². The minimum Gasteiger partial charge on any atom is -0.426 e. The molecule has 2 N–H and O–H groups in total. The van der Waals surface area contributed by atoms with E-state index in [0.29, 0.717) is 5.56 Å². The van der Waals surface area contributed by atoms with Gasteiger partial charge in [-0.15, -0.1) is 4.91 Å². The van der Waals surface area contributed by atoms with Gasteiger partial charge in [-0.05, 0) is 30.7 Å². The molecule has 10 heteroatoms. The van der Waals surface area contributed by atoms with Crippen LogP contribution in [0.1, 0.15) is 40.1 Å². The Morgan fingerprint density at radius 1 is 1.07 bits per heavy atom. The number of nitroso groups, excluding NO2 is 1. The number of esters is 1. The number of hydrogen-bond donors (Lipinski definition) is 2. The molecule has 2 aromatic rings. The number of amides is 1. The summed E-state index contributed by atoms with van der Waals surface area (Å²) in [5.74, 6) is -1.69. The molecule has 0 spiro atoms. The number of ketones is 1. The van der Waals surface area contributed by atoms with Crippen molar-refractivity contribution in [3.05, 3.63) is 64.1 Å². The smallest absolute Gasteiger partial charge is 0.308 e. The summed E-state index contributed by atoms with van der Waals surface area (Å²) in [7, 11) is -1.70. The second kappa shape index (κ2) is 9.62. The van der Waals surface area contributed by atoms with Gasteiger partial charge >= 0.3 is 5.97 Å². The van der Waals surface area contributed by atoms with Gasteiger partial charge in [-0.3, -0.25) is 14.4 Å². The van der Waals surface area contributed by atoms with Gasteiger partial charge in [0.05, 0.1) is 15.7 Å². The van der Waals surface area contributed by atoms with E-state index >= 15 is 0 Å². The first-order valence-corrected chi connectivity index (χ1v) is 9.17. The maximum atomic E-state index is 12.5. The van der Waals surface area contributed by atoms with Crippen molar-refractivity contribution < 1.29 is 23.3 Å². The lowest BCUT2D eigenvalue weighted by Crippen LogP contribution is -2.21. The van der Waals surface area contributed by atoms with Gasteiger partial charge in [-0.25, -0.2) is 14.4 Å². The topological polar surface area (TPSA) is 131 Å². The first-order valence-electron chi connectivity index (χ1n) is 8.02. The Morgan fingerprint density at radius 2 is 1.75 bits per heavy atom. The van der Waals surface area contributed by atoms with Gasteiger partial charge in [-0.1, -0.05) is 24.3 Å². The van der Waals surface area contributed by atoms with E-state index in [9.17, 15) is 23.5 Å². The predicted octanol–water partition coefficient (Wildman–Crippen LogP) is 2.04. The molecule has 1 amide bonds. The highest BCUT2D eigenvalue weighted by Gasteiger charge is 2.17. The minimum absolute atomic E-state index is 0.0495. The molecule has 0 bridgehead atoms. The summed E-state index contributed by atoms with van der Waals surface area (Å²) in [6, 6.07) is 10.8. The Bertz CT molecular complexity index is 943. The molecular formula is C18H17N3O6S. The number of hydrogen-bond acceptors (Lipinski definition) is 7. The van der Waals surface area contributed by atoms with Crippen molar-refractivity contribution in [3.63, 3.8) is 0 Å². The summed E-state index contributed by atoms with van der Waals surface area (Å²) in [5.41, 5.74) is 2.93. The van der Waals surface area contributed by atoms with Crippen molar-refractivity contribution in [1.82, 2.24) is 10.1 Å². The highest BCUT2D eigenvalue weighted by Crippen LogP contribution is 2.22. The van der Waals surface area contributed by atoms with Gasteiger partial charge in [0.1, 0.15) is 16.7 Å².